The Kier molecular flexibility index (Phi) is 8.11. The second-order valence-corrected chi connectivity index (χ2v) is 14.5. The fraction of sp³-hybridized carbons (Fsp3) is 0. The highest BCUT2D eigenvalue weighted by Gasteiger charge is 2.19. The Morgan fingerprint density at radius 1 is 0.414 bits per heavy atom. The number of furan rings is 1. The molecule has 4 nitrogen and oxygen atoms in total. The molecule has 0 bridgehead atoms. The molecule has 1 aliphatic heterocycles. The predicted octanol–water partition coefficient (Wildman–Crippen LogP) is 13.9. The minimum atomic E-state index is 0.661. The maximum Gasteiger partial charge on any atom is 0.160 e. The second kappa shape index (κ2) is 14.0. The summed E-state index contributed by atoms with van der Waals surface area (Å²) < 4.78 is 9.11. The molecule has 0 N–H and O–H groups in total. The summed E-state index contributed by atoms with van der Waals surface area (Å²) in [5.41, 5.74) is 14.4. The van der Waals surface area contributed by atoms with Crippen LogP contribution in [0.1, 0.15) is 16.7 Å². The standard InChI is InChI=1S/C54H35N3O/c1-4-16-36(17-5-1)48-27-15-28-49(56-54(55-48)37-18-6-2-7-19-37)39-31-33-52-47(35-39)45-26-14-25-44(53(45)58-52)42-23-11-10-22-41(42)38-30-32-51-46(34-38)43-24-12-13-29-50(43)57(51)40-20-8-3-9-21-40/h1-35H/b27-15+,28-15?,48-27?,49-28+,55-48+,55-54?,56-49?,56-54-. The van der Waals surface area contributed by atoms with Crippen LogP contribution in [0.25, 0.3) is 77.4 Å². The molecule has 0 radical (unpaired) electrons. The van der Waals surface area contributed by atoms with E-state index in [-0.39, 0.29) is 0 Å². The Hall–Kier alpha value is -7.82. The van der Waals surface area contributed by atoms with Crippen molar-refractivity contribution < 1.29 is 4.42 Å². The quantitative estimate of drug-likeness (QED) is 0.167. The molecule has 8 aromatic carbocycles. The highest BCUT2D eigenvalue weighted by Crippen LogP contribution is 2.42. The first-order chi connectivity index (χ1) is 28.8. The molecule has 0 fully saturated rings. The summed E-state index contributed by atoms with van der Waals surface area (Å²) in [4.78, 5) is 10.3. The molecule has 11 rings (SSSR count). The third-order valence-corrected chi connectivity index (χ3v) is 11.1. The molecule has 0 unspecified atom stereocenters. The van der Waals surface area contributed by atoms with Gasteiger partial charge in [-0.25, -0.2) is 9.98 Å². The van der Waals surface area contributed by atoms with Gasteiger partial charge in [0, 0.05) is 49.5 Å². The van der Waals surface area contributed by atoms with E-state index in [4.69, 9.17) is 14.4 Å². The summed E-state index contributed by atoms with van der Waals surface area (Å²) in [5.74, 6) is 0.661. The predicted molar refractivity (Wildman–Crippen MR) is 242 cm³/mol. The monoisotopic (exact) mass is 741 g/mol. The smallest absolute Gasteiger partial charge is 0.160 e. The number of aromatic nitrogens is 1. The van der Waals surface area contributed by atoms with E-state index in [0.717, 1.165) is 78.0 Å². The van der Waals surface area contributed by atoms with Gasteiger partial charge in [-0.05, 0) is 77.4 Å². The zero-order valence-electron chi connectivity index (χ0n) is 31.5. The van der Waals surface area contributed by atoms with E-state index >= 15 is 0 Å². The first kappa shape index (κ1) is 33.5. The van der Waals surface area contributed by atoms with Crippen LogP contribution in [-0.2, 0) is 0 Å². The molecule has 0 atom stereocenters. The maximum atomic E-state index is 6.76. The lowest BCUT2D eigenvalue weighted by Crippen LogP contribution is -2.06. The van der Waals surface area contributed by atoms with Crippen LogP contribution >= 0.6 is 0 Å². The van der Waals surface area contributed by atoms with Crippen molar-refractivity contribution in [3.63, 3.8) is 0 Å². The Bertz CT molecular complexity index is 3310. The summed E-state index contributed by atoms with van der Waals surface area (Å²) in [6.45, 7) is 0. The number of nitrogens with zero attached hydrogens (tertiary/aromatic N) is 3. The molecule has 0 spiro atoms. The highest BCUT2D eigenvalue weighted by molar-refractivity contribution is 6.19. The number of aliphatic imine (C=N–C) groups is 2. The van der Waals surface area contributed by atoms with Gasteiger partial charge in [-0.3, -0.25) is 0 Å². The second-order valence-electron chi connectivity index (χ2n) is 14.5. The summed E-state index contributed by atoms with van der Waals surface area (Å²) in [7, 11) is 0. The van der Waals surface area contributed by atoms with Crippen LogP contribution in [0, 0.1) is 0 Å². The molecular weight excluding hydrogens is 707 g/mol. The van der Waals surface area contributed by atoms with Crippen molar-refractivity contribution in [1.29, 1.82) is 0 Å². The fourth-order valence-electron chi connectivity index (χ4n) is 8.34. The summed E-state index contributed by atoms with van der Waals surface area (Å²) >= 11 is 0. The number of fused-ring (bicyclic) bond motifs is 6. The Labute approximate surface area is 335 Å². The van der Waals surface area contributed by atoms with Crippen LogP contribution in [0.5, 0.6) is 0 Å². The van der Waals surface area contributed by atoms with E-state index in [9.17, 15) is 0 Å². The van der Waals surface area contributed by atoms with Gasteiger partial charge in [0.2, 0.25) is 0 Å². The van der Waals surface area contributed by atoms with Crippen molar-refractivity contribution in [3.8, 4) is 27.9 Å². The van der Waals surface area contributed by atoms with Gasteiger partial charge < -0.3 is 8.98 Å². The van der Waals surface area contributed by atoms with Gasteiger partial charge in [0.15, 0.2) is 5.84 Å². The summed E-state index contributed by atoms with van der Waals surface area (Å²) in [6, 6.07) is 68.0. The van der Waals surface area contributed by atoms with Crippen molar-refractivity contribution in [2.24, 2.45) is 9.98 Å². The van der Waals surface area contributed by atoms with E-state index < -0.39 is 0 Å². The fourth-order valence-corrected chi connectivity index (χ4v) is 8.34. The summed E-state index contributed by atoms with van der Waals surface area (Å²) in [6.07, 6.45) is 6.16. The zero-order chi connectivity index (χ0) is 38.4. The number of hydrogen-bond donors (Lipinski definition) is 0. The van der Waals surface area contributed by atoms with Gasteiger partial charge in [-0.2, -0.15) is 0 Å². The van der Waals surface area contributed by atoms with Crippen LogP contribution in [-0.4, -0.2) is 16.1 Å². The molecule has 10 aromatic rings. The minimum absolute atomic E-state index is 0.661. The topological polar surface area (TPSA) is 42.8 Å². The molecule has 3 heterocycles. The molecule has 0 amide bonds. The number of para-hydroxylation sites is 3. The average molecular weight is 742 g/mol. The van der Waals surface area contributed by atoms with E-state index in [0.29, 0.717) is 5.84 Å². The largest absolute Gasteiger partial charge is 0.455 e. The number of hydrogen-bond acceptors (Lipinski definition) is 3. The maximum absolute atomic E-state index is 6.76. The third-order valence-electron chi connectivity index (χ3n) is 11.1. The van der Waals surface area contributed by atoms with Gasteiger partial charge in [0.1, 0.15) is 11.2 Å². The van der Waals surface area contributed by atoms with Crippen LogP contribution in [0.4, 0.5) is 0 Å². The van der Waals surface area contributed by atoms with E-state index in [2.05, 4.69) is 174 Å². The van der Waals surface area contributed by atoms with Crippen molar-refractivity contribution in [1.82, 2.24) is 4.57 Å². The Balaban J connectivity index is 1.02. The summed E-state index contributed by atoms with van der Waals surface area (Å²) in [5, 5.41) is 4.55. The van der Waals surface area contributed by atoms with Gasteiger partial charge in [-0.1, -0.05) is 152 Å². The highest BCUT2D eigenvalue weighted by atomic mass is 16.3. The lowest BCUT2D eigenvalue weighted by atomic mass is 9.92. The number of amidine groups is 1. The SMILES string of the molecule is C1=C/C(c2ccccc2)=N\C(c2ccccc2)=N/C(c2ccc3oc4c(-c5ccccc5-c5ccc6c(c5)c5ccccc5n6-c5ccccc5)cccc4c3c2)=C/1. The van der Waals surface area contributed by atoms with Gasteiger partial charge in [0.25, 0.3) is 0 Å². The number of allylic oxidation sites excluding steroid dienone is 3. The Morgan fingerprint density at radius 2 is 1.05 bits per heavy atom. The van der Waals surface area contributed by atoms with Crippen molar-refractivity contribution in [3.05, 3.63) is 229 Å². The Morgan fingerprint density at radius 3 is 1.88 bits per heavy atom. The zero-order valence-corrected chi connectivity index (χ0v) is 31.5. The van der Waals surface area contributed by atoms with Crippen LogP contribution in [0.2, 0.25) is 0 Å². The molecule has 58 heavy (non-hydrogen) atoms. The molecule has 272 valence electrons. The van der Waals surface area contributed by atoms with E-state index in [1.54, 1.807) is 0 Å². The van der Waals surface area contributed by atoms with Crippen molar-refractivity contribution >= 4 is 61.0 Å². The molecule has 4 heteroatoms. The first-order valence-corrected chi connectivity index (χ1v) is 19.6. The minimum Gasteiger partial charge on any atom is -0.455 e. The van der Waals surface area contributed by atoms with Crippen molar-refractivity contribution in [2.75, 3.05) is 0 Å². The van der Waals surface area contributed by atoms with Gasteiger partial charge in [0.05, 0.1) is 22.4 Å². The van der Waals surface area contributed by atoms with Gasteiger partial charge in [-0.15, -0.1) is 0 Å². The lowest BCUT2D eigenvalue weighted by molar-refractivity contribution is 0.670. The van der Waals surface area contributed by atoms with Crippen LogP contribution in [0.15, 0.2) is 227 Å². The molecule has 1 aliphatic rings. The van der Waals surface area contributed by atoms with E-state index in [1.165, 1.54) is 21.8 Å². The average Bonchev–Trinajstić information content (AvgIpc) is 3.83. The van der Waals surface area contributed by atoms with Gasteiger partial charge >= 0.3 is 0 Å². The number of rotatable bonds is 6. The van der Waals surface area contributed by atoms with Crippen LogP contribution in [0.3, 0.4) is 0 Å². The molecule has 0 aliphatic carbocycles. The normalized spacial score (nSPS) is 16.3. The number of benzene rings is 8. The van der Waals surface area contributed by atoms with Crippen LogP contribution < -0.4 is 0 Å². The third kappa shape index (κ3) is 5.78. The molecule has 0 saturated carbocycles. The molecular formula is C54H35N3O. The van der Waals surface area contributed by atoms with Crippen molar-refractivity contribution in [2.45, 2.75) is 0 Å². The lowest BCUT2D eigenvalue weighted by Gasteiger charge is -2.12. The van der Waals surface area contributed by atoms with E-state index in [1.807, 2.05) is 42.5 Å². The first-order valence-electron chi connectivity index (χ1n) is 19.6. The molecule has 2 aromatic heterocycles. The molecule has 0 saturated heterocycles.